The third-order valence-corrected chi connectivity index (χ3v) is 5.97. The third kappa shape index (κ3) is 2.56. The van der Waals surface area contributed by atoms with Crippen molar-refractivity contribution >= 4 is 9.84 Å². The van der Waals surface area contributed by atoms with E-state index in [1.807, 2.05) is 18.2 Å². The molecule has 4 nitrogen and oxygen atoms in total. The number of rotatable bonds is 2. The molecule has 2 aliphatic rings. The van der Waals surface area contributed by atoms with E-state index in [4.69, 9.17) is 4.74 Å². The maximum absolute atomic E-state index is 11.5. The van der Waals surface area contributed by atoms with Crippen molar-refractivity contribution in [1.29, 1.82) is 0 Å². The van der Waals surface area contributed by atoms with Crippen LogP contribution >= 0.6 is 0 Å². The maximum atomic E-state index is 11.5. The van der Waals surface area contributed by atoms with Gasteiger partial charge >= 0.3 is 0 Å². The van der Waals surface area contributed by atoms with Gasteiger partial charge in [0.25, 0.3) is 0 Å². The Hall–Kier alpha value is -1.07. The van der Waals surface area contributed by atoms with Gasteiger partial charge in [-0.2, -0.15) is 0 Å². The van der Waals surface area contributed by atoms with Gasteiger partial charge in [0.1, 0.15) is 21.2 Å². The fourth-order valence-electron chi connectivity index (χ4n) is 3.11. The Morgan fingerprint density at radius 3 is 2.55 bits per heavy atom. The molecule has 1 atom stereocenters. The zero-order valence-electron chi connectivity index (χ0n) is 11.9. The Morgan fingerprint density at radius 1 is 1.20 bits per heavy atom. The number of fused-ring (bicyclic) bond motifs is 1. The molecule has 2 aliphatic heterocycles. The van der Waals surface area contributed by atoms with Crippen molar-refractivity contribution in [1.82, 2.24) is 5.32 Å². The van der Waals surface area contributed by atoms with E-state index >= 15 is 0 Å². The Kier molecular flexibility index (Phi) is 3.29. The minimum atomic E-state index is -2.81. The van der Waals surface area contributed by atoms with E-state index in [1.165, 1.54) is 5.56 Å². The van der Waals surface area contributed by atoms with Crippen molar-refractivity contribution < 1.29 is 13.2 Å². The van der Waals surface area contributed by atoms with Crippen LogP contribution in [0.5, 0.6) is 5.75 Å². The van der Waals surface area contributed by atoms with Crippen molar-refractivity contribution in [2.24, 2.45) is 0 Å². The SMILES string of the molecule is CC1(C)Oc2ccccc2C1NC1CCS(=O)(=O)CC1. The van der Waals surface area contributed by atoms with E-state index in [0.717, 1.165) is 5.75 Å². The third-order valence-electron chi connectivity index (χ3n) is 4.26. The highest BCUT2D eigenvalue weighted by atomic mass is 32.2. The summed E-state index contributed by atoms with van der Waals surface area (Å²) in [5.74, 6) is 1.51. The summed E-state index contributed by atoms with van der Waals surface area (Å²) in [6.45, 7) is 4.15. The first-order valence-corrected chi connectivity index (χ1v) is 8.94. The molecule has 0 radical (unpaired) electrons. The van der Waals surface area contributed by atoms with Crippen LogP contribution in [0.15, 0.2) is 24.3 Å². The lowest BCUT2D eigenvalue weighted by Crippen LogP contribution is -2.46. The zero-order chi connectivity index (χ0) is 14.4. The van der Waals surface area contributed by atoms with Crippen LogP contribution in [0.4, 0.5) is 0 Å². The fourth-order valence-corrected chi connectivity index (χ4v) is 4.60. The first kappa shape index (κ1) is 13.9. The molecule has 110 valence electrons. The largest absolute Gasteiger partial charge is 0.486 e. The molecule has 0 amide bonds. The van der Waals surface area contributed by atoms with Gasteiger partial charge in [0.05, 0.1) is 17.5 Å². The summed E-state index contributed by atoms with van der Waals surface area (Å²) < 4.78 is 29.0. The van der Waals surface area contributed by atoms with Crippen LogP contribution in [0.1, 0.15) is 38.3 Å². The lowest BCUT2D eigenvalue weighted by atomic mass is 9.93. The summed E-state index contributed by atoms with van der Waals surface area (Å²) in [6, 6.07) is 8.43. The molecule has 1 N–H and O–H groups in total. The first-order valence-electron chi connectivity index (χ1n) is 7.12. The van der Waals surface area contributed by atoms with Gasteiger partial charge in [0, 0.05) is 11.6 Å². The molecule has 5 heteroatoms. The topological polar surface area (TPSA) is 55.4 Å². The van der Waals surface area contributed by atoms with E-state index in [0.29, 0.717) is 24.3 Å². The van der Waals surface area contributed by atoms with Gasteiger partial charge in [-0.05, 0) is 32.8 Å². The molecule has 1 fully saturated rings. The van der Waals surface area contributed by atoms with E-state index in [9.17, 15) is 8.42 Å². The van der Waals surface area contributed by atoms with E-state index in [-0.39, 0.29) is 17.7 Å². The highest BCUT2D eigenvalue weighted by Crippen LogP contribution is 2.43. The Morgan fingerprint density at radius 2 is 1.85 bits per heavy atom. The van der Waals surface area contributed by atoms with Gasteiger partial charge < -0.3 is 10.1 Å². The molecule has 1 unspecified atom stereocenters. The van der Waals surface area contributed by atoms with Gasteiger partial charge in [0.2, 0.25) is 0 Å². The monoisotopic (exact) mass is 295 g/mol. The summed E-state index contributed by atoms with van der Waals surface area (Å²) in [7, 11) is -2.81. The second-order valence-corrected chi connectivity index (χ2v) is 8.57. The Balaban J connectivity index is 1.77. The van der Waals surface area contributed by atoms with Gasteiger partial charge in [-0.3, -0.25) is 0 Å². The molecular weight excluding hydrogens is 274 g/mol. The van der Waals surface area contributed by atoms with E-state index in [1.54, 1.807) is 0 Å². The Labute approximate surface area is 120 Å². The number of hydrogen-bond donors (Lipinski definition) is 1. The lowest BCUT2D eigenvalue weighted by molar-refractivity contribution is 0.0901. The molecule has 2 heterocycles. The second kappa shape index (κ2) is 4.74. The van der Waals surface area contributed by atoms with Crippen molar-refractivity contribution in [3.05, 3.63) is 29.8 Å². The highest BCUT2D eigenvalue weighted by molar-refractivity contribution is 7.91. The second-order valence-electron chi connectivity index (χ2n) is 6.27. The van der Waals surface area contributed by atoms with Crippen LogP contribution < -0.4 is 10.1 Å². The number of hydrogen-bond acceptors (Lipinski definition) is 4. The predicted octanol–water partition coefficient (Wildman–Crippen LogP) is 2.07. The number of benzene rings is 1. The van der Waals surface area contributed by atoms with Gasteiger partial charge in [-0.25, -0.2) is 8.42 Å². The van der Waals surface area contributed by atoms with Crippen LogP contribution in [-0.2, 0) is 9.84 Å². The molecule has 0 saturated carbocycles. The Bertz CT molecular complexity index is 595. The molecular formula is C15H21NO3S. The average molecular weight is 295 g/mol. The van der Waals surface area contributed by atoms with Crippen LogP contribution in [0.3, 0.4) is 0 Å². The molecule has 20 heavy (non-hydrogen) atoms. The minimum Gasteiger partial charge on any atom is -0.486 e. The molecule has 0 aromatic heterocycles. The van der Waals surface area contributed by atoms with Crippen molar-refractivity contribution in [2.75, 3.05) is 11.5 Å². The normalized spacial score (nSPS) is 27.8. The summed E-state index contributed by atoms with van der Waals surface area (Å²) in [5.41, 5.74) is 0.867. The molecule has 0 spiro atoms. The van der Waals surface area contributed by atoms with E-state index < -0.39 is 9.84 Å². The predicted molar refractivity (Wildman–Crippen MR) is 78.7 cm³/mol. The summed E-state index contributed by atoms with van der Waals surface area (Å²) in [6.07, 6.45) is 1.38. The standard InChI is InChI=1S/C15H21NO3S/c1-15(2)14(12-5-3-4-6-13(12)19-15)16-11-7-9-20(17,18)10-8-11/h3-6,11,14,16H,7-10H2,1-2H3. The number of para-hydroxylation sites is 1. The number of sulfone groups is 1. The summed E-state index contributed by atoms with van der Waals surface area (Å²) in [4.78, 5) is 0. The molecule has 1 saturated heterocycles. The lowest BCUT2D eigenvalue weighted by Gasteiger charge is -2.32. The van der Waals surface area contributed by atoms with E-state index in [2.05, 4.69) is 25.2 Å². The quantitative estimate of drug-likeness (QED) is 0.907. The maximum Gasteiger partial charge on any atom is 0.150 e. The van der Waals surface area contributed by atoms with Crippen LogP contribution in [0, 0.1) is 0 Å². The molecule has 0 aliphatic carbocycles. The van der Waals surface area contributed by atoms with Crippen molar-refractivity contribution in [2.45, 2.75) is 44.4 Å². The van der Waals surface area contributed by atoms with Crippen LogP contribution in [0.25, 0.3) is 0 Å². The summed E-state index contributed by atoms with van der Waals surface area (Å²) in [5, 5.41) is 3.61. The smallest absolute Gasteiger partial charge is 0.150 e. The van der Waals surface area contributed by atoms with Crippen molar-refractivity contribution in [3.8, 4) is 5.75 Å². The fraction of sp³-hybridized carbons (Fsp3) is 0.600. The first-order chi connectivity index (χ1) is 9.37. The molecule has 0 bridgehead atoms. The van der Waals surface area contributed by atoms with Crippen LogP contribution in [0.2, 0.25) is 0 Å². The minimum absolute atomic E-state index is 0.115. The average Bonchev–Trinajstić information content (AvgIpc) is 2.63. The van der Waals surface area contributed by atoms with Crippen molar-refractivity contribution in [3.63, 3.8) is 0 Å². The van der Waals surface area contributed by atoms with Gasteiger partial charge in [0.15, 0.2) is 0 Å². The molecule has 1 aromatic rings. The molecule has 3 rings (SSSR count). The highest BCUT2D eigenvalue weighted by Gasteiger charge is 2.42. The van der Waals surface area contributed by atoms with Gasteiger partial charge in [-0.15, -0.1) is 0 Å². The zero-order valence-corrected chi connectivity index (χ0v) is 12.7. The van der Waals surface area contributed by atoms with Crippen LogP contribution in [-0.4, -0.2) is 31.6 Å². The number of ether oxygens (including phenoxy) is 1. The number of nitrogens with one attached hydrogen (secondary N) is 1. The summed E-state index contributed by atoms with van der Waals surface area (Å²) >= 11 is 0. The van der Waals surface area contributed by atoms with Gasteiger partial charge in [-0.1, -0.05) is 18.2 Å². The molecule has 1 aromatic carbocycles.